The van der Waals surface area contributed by atoms with Crippen LogP contribution in [0, 0.1) is 0 Å². The Morgan fingerprint density at radius 2 is 1.87 bits per heavy atom. The Hall–Kier alpha value is -3.19. The third-order valence-electron chi connectivity index (χ3n) is 5.52. The molecule has 1 aromatic heterocycles. The normalized spacial score (nSPS) is 15.4. The number of hydrogen-bond acceptors (Lipinski definition) is 4. The number of aryl methyl sites for hydroxylation is 1. The van der Waals surface area contributed by atoms with Crippen molar-refractivity contribution in [3.8, 4) is 0 Å². The number of halogens is 1. The van der Waals surface area contributed by atoms with Crippen LogP contribution in [0.4, 0.5) is 5.69 Å². The van der Waals surface area contributed by atoms with Gasteiger partial charge in [-0.25, -0.2) is 0 Å². The molecule has 7 heteroatoms. The van der Waals surface area contributed by atoms with Crippen molar-refractivity contribution in [1.82, 2.24) is 4.90 Å². The average Bonchev–Trinajstić information content (AvgIpc) is 3.35. The van der Waals surface area contributed by atoms with E-state index in [-0.39, 0.29) is 23.9 Å². The summed E-state index contributed by atoms with van der Waals surface area (Å²) in [5, 5.41) is 0. The molecule has 0 N–H and O–H groups in total. The summed E-state index contributed by atoms with van der Waals surface area (Å²) in [6.07, 6.45) is 3.28. The lowest BCUT2D eigenvalue weighted by molar-refractivity contribution is 0.0631. The molecule has 0 aliphatic carbocycles. The van der Waals surface area contributed by atoms with Gasteiger partial charge >= 0.3 is 0 Å². The van der Waals surface area contributed by atoms with E-state index in [9.17, 15) is 14.4 Å². The van der Waals surface area contributed by atoms with Gasteiger partial charge in [-0.15, -0.1) is 0 Å². The van der Waals surface area contributed by atoms with Crippen LogP contribution in [0.2, 0.25) is 0 Å². The second kappa shape index (κ2) is 7.25. The number of carbonyl (C=O) groups excluding carboxylic acids is 3. The summed E-state index contributed by atoms with van der Waals surface area (Å²) >= 11 is 3.48. The maximum Gasteiger partial charge on any atom is 0.261 e. The molecule has 30 heavy (non-hydrogen) atoms. The van der Waals surface area contributed by atoms with E-state index in [1.165, 1.54) is 12.3 Å². The number of imide groups is 1. The number of fused-ring (bicyclic) bond motifs is 2. The highest BCUT2D eigenvalue weighted by atomic mass is 79.9. The number of hydrogen-bond donors (Lipinski definition) is 0. The molecule has 6 nitrogen and oxygen atoms in total. The minimum Gasteiger partial charge on any atom is -0.467 e. The molecular formula is C23H17BrN2O4. The highest BCUT2D eigenvalue weighted by Crippen LogP contribution is 2.32. The summed E-state index contributed by atoms with van der Waals surface area (Å²) in [4.78, 5) is 41.7. The van der Waals surface area contributed by atoms with Gasteiger partial charge in [0, 0.05) is 22.3 Å². The predicted molar refractivity (Wildman–Crippen MR) is 113 cm³/mol. The first-order valence-electron chi connectivity index (χ1n) is 9.66. The van der Waals surface area contributed by atoms with Crippen molar-refractivity contribution in [3.05, 3.63) is 87.3 Å². The molecule has 2 aliphatic heterocycles. The monoisotopic (exact) mass is 464 g/mol. The number of furan rings is 1. The van der Waals surface area contributed by atoms with Crippen molar-refractivity contribution in [2.75, 3.05) is 11.4 Å². The standard InChI is InChI=1S/C23H17BrN2O4/c24-16-6-8-20-14(11-16)3-1-9-25(20)21(27)15-5-7-18-19(12-15)23(29)26(22(18)28)13-17-4-2-10-30-17/h2,4-8,10-12H,1,3,9,13H2. The lowest BCUT2D eigenvalue weighted by Crippen LogP contribution is -2.35. The van der Waals surface area contributed by atoms with E-state index >= 15 is 0 Å². The summed E-state index contributed by atoms with van der Waals surface area (Å²) in [6, 6.07) is 14.0. The van der Waals surface area contributed by atoms with Crippen LogP contribution in [0.3, 0.4) is 0 Å². The van der Waals surface area contributed by atoms with Crippen LogP contribution >= 0.6 is 15.9 Å². The molecule has 3 amide bonds. The number of amides is 3. The minimum absolute atomic E-state index is 0.0665. The van der Waals surface area contributed by atoms with Gasteiger partial charge in [0.25, 0.3) is 17.7 Å². The van der Waals surface area contributed by atoms with Crippen molar-refractivity contribution >= 4 is 39.3 Å². The van der Waals surface area contributed by atoms with Crippen LogP contribution in [-0.4, -0.2) is 29.2 Å². The van der Waals surface area contributed by atoms with Crippen LogP contribution < -0.4 is 4.90 Å². The fraction of sp³-hybridized carbons (Fsp3) is 0.174. The van der Waals surface area contributed by atoms with Gasteiger partial charge in [-0.3, -0.25) is 19.3 Å². The van der Waals surface area contributed by atoms with Crippen molar-refractivity contribution in [1.29, 1.82) is 0 Å². The van der Waals surface area contributed by atoms with Gasteiger partial charge in [0.05, 0.1) is 23.9 Å². The SMILES string of the molecule is O=C1c2ccc(C(=O)N3CCCc4cc(Br)ccc43)cc2C(=O)N1Cc1ccco1. The van der Waals surface area contributed by atoms with Crippen LogP contribution in [0.1, 0.15) is 48.8 Å². The molecule has 0 spiro atoms. The Morgan fingerprint density at radius 1 is 1.03 bits per heavy atom. The summed E-state index contributed by atoms with van der Waals surface area (Å²) in [5.74, 6) is -0.440. The van der Waals surface area contributed by atoms with Gasteiger partial charge in [-0.1, -0.05) is 15.9 Å². The molecule has 0 saturated carbocycles. The number of nitrogens with zero attached hydrogens (tertiary/aromatic N) is 2. The lowest BCUT2D eigenvalue weighted by atomic mass is 9.99. The largest absolute Gasteiger partial charge is 0.467 e. The fourth-order valence-electron chi connectivity index (χ4n) is 4.06. The van der Waals surface area contributed by atoms with Crippen molar-refractivity contribution in [3.63, 3.8) is 0 Å². The predicted octanol–water partition coefficient (Wildman–Crippen LogP) is 4.43. The average molecular weight is 465 g/mol. The minimum atomic E-state index is -0.413. The van der Waals surface area contributed by atoms with E-state index in [0.717, 1.165) is 33.5 Å². The second-order valence-electron chi connectivity index (χ2n) is 7.37. The number of anilines is 1. The molecule has 0 saturated heterocycles. The Labute approximate surface area is 181 Å². The Balaban J connectivity index is 1.45. The third kappa shape index (κ3) is 3.06. The summed E-state index contributed by atoms with van der Waals surface area (Å²) in [5.41, 5.74) is 2.96. The first kappa shape index (κ1) is 18.8. The van der Waals surface area contributed by atoms with E-state index in [2.05, 4.69) is 15.9 Å². The second-order valence-corrected chi connectivity index (χ2v) is 8.29. The molecule has 150 valence electrons. The topological polar surface area (TPSA) is 70.8 Å². The van der Waals surface area contributed by atoms with Gasteiger partial charge in [0.2, 0.25) is 0 Å². The molecule has 3 heterocycles. The fourth-order valence-corrected chi connectivity index (χ4v) is 4.47. The highest BCUT2D eigenvalue weighted by molar-refractivity contribution is 9.10. The van der Waals surface area contributed by atoms with Crippen LogP contribution in [0.15, 0.2) is 63.7 Å². The zero-order chi connectivity index (χ0) is 20.8. The maximum atomic E-state index is 13.3. The van der Waals surface area contributed by atoms with E-state index in [0.29, 0.717) is 23.4 Å². The first-order valence-corrected chi connectivity index (χ1v) is 10.4. The Morgan fingerprint density at radius 3 is 2.67 bits per heavy atom. The molecule has 0 atom stereocenters. The summed E-state index contributed by atoms with van der Waals surface area (Å²) in [6.45, 7) is 0.680. The van der Waals surface area contributed by atoms with Crippen molar-refractivity contribution in [2.24, 2.45) is 0 Å². The molecule has 3 aromatic rings. The van der Waals surface area contributed by atoms with E-state index in [4.69, 9.17) is 4.42 Å². The van der Waals surface area contributed by atoms with Gasteiger partial charge in [-0.05, 0) is 66.9 Å². The molecule has 2 aromatic carbocycles. The molecule has 0 fully saturated rings. The first-order chi connectivity index (χ1) is 14.5. The lowest BCUT2D eigenvalue weighted by Gasteiger charge is -2.29. The van der Waals surface area contributed by atoms with E-state index < -0.39 is 5.91 Å². The Kier molecular flexibility index (Phi) is 4.55. The molecular weight excluding hydrogens is 448 g/mol. The Bertz CT molecular complexity index is 1190. The third-order valence-corrected chi connectivity index (χ3v) is 6.01. The zero-order valence-electron chi connectivity index (χ0n) is 15.9. The smallest absolute Gasteiger partial charge is 0.261 e. The van der Waals surface area contributed by atoms with Gasteiger partial charge < -0.3 is 9.32 Å². The summed E-state index contributed by atoms with van der Waals surface area (Å²) in [7, 11) is 0. The number of rotatable bonds is 3. The van der Waals surface area contributed by atoms with Crippen LogP contribution in [0.5, 0.6) is 0 Å². The van der Waals surface area contributed by atoms with Crippen LogP contribution in [0.25, 0.3) is 0 Å². The van der Waals surface area contributed by atoms with Crippen molar-refractivity contribution < 1.29 is 18.8 Å². The van der Waals surface area contributed by atoms with Gasteiger partial charge in [-0.2, -0.15) is 0 Å². The maximum absolute atomic E-state index is 13.3. The molecule has 0 radical (unpaired) electrons. The summed E-state index contributed by atoms with van der Waals surface area (Å²) < 4.78 is 6.24. The number of benzene rings is 2. The zero-order valence-corrected chi connectivity index (χ0v) is 17.5. The molecule has 5 rings (SSSR count). The van der Waals surface area contributed by atoms with E-state index in [1.54, 1.807) is 29.2 Å². The van der Waals surface area contributed by atoms with Crippen LogP contribution in [-0.2, 0) is 13.0 Å². The molecule has 0 unspecified atom stereocenters. The van der Waals surface area contributed by atoms with Gasteiger partial charge in [0.1, 0.15) is 5.76 Å². The van der Waals surface area contributed by atoms with Crippen molar-refractivity contribution in [2.45, 2.75) is 19.4 Å². The highest BCUT2D eigenvalue weighted by Gasteiger charge is 2.37. The quantitative estimate of drug-likeness (QED) is 0.537. The van der Waals surface area contributed by atoms with Gasteiger partial charge in [0.15, 0.2) is 0 Å². The molecule has 2 aliphatic rings. The number of carbonyl (C=O) groups is 3. The molecule has 0 bridgehead atoms. The van der Waals surface area contributed by atoms with E-state index in [1.807, 2.05) is 18.2 Å².